The minimum atomic E-state index is -0.753. The van der Waals surface area contributed by atoms with Gasteiger partial charge in [0.2, 0.25) is 0 Å². The van der Waals surface area contributed by atoms with Crippen LogP contribution in [-0.2, 0) is 24.1 Å². The van der Waals surface area contributed by atoms with E-state index in [0.29, 0.717) is 17.8 Å². The van der Waals surface area contributed by atoms with E-state index < -0.39 is 5.97 Å². The molecule has 1 atom stereocenters. The molecule has 0 saturated heterocycles. The number of carboxylic acid groups (broad SMARTS) is 1. The van der Waals surface area contributed by atoms with Crippen LogP contribution in [0.25, 0.3) is 16.9 Å². The third-order valence-electron chi connectivity index (χ3n) is 6.48. The molecule has 1 aliphatic carbocycles. The van der Waals surface area contributed by atoms with Crippen molar-refractivity contribution in [3.05, 3.63) is 77.5 Å². The number of aryl methyl sites for hydroxylation is 1. The van der Waals surface area contributed by atoms with Crippen LogP contribution in [0, 0.1) is 11.3 Å². The maximum atomic E-state index is 11.0. The Kier molecular flexibility index (Phi) is 5.55. The molecule has 0 bridgehead atoms. The smallest absolute Gasteiger partial charge is 0.303 e. The molecule has 3 nitrogen and oxygen atoms in total. The van der Waals surface area contributed by atoms with Gasteiger partial charge in [0.25, 0.3) is 0 Å². The van der Waals surface area contributed by atoms with Gasteiger partial charge in [-0.25, -0.2) is 0 Å². The fourth-order valence-corrected chi connectivity index (χ4v) is 4.69. The minimum absolute atomic E-state index is 0.159. The first-order chi connectivity index (χ1) is 14.3. The Morgan fingerprint density at radius 1 is 1.07 bits per heavy atom. The Bertz CT molecular complexity index is 1040. The molecule has 156 valence electrons. The molecule has 3 aromatic rings. The maximum Gasteiger partial charge on any atom is 0.303 e. The predicted molar refractivity (Wildman–Crippen MR) is 122 cm³/mol. The zero-order chi connectivity index (χ0) is 21.3. The molecular formula is C27H31NO2. The third-order valence-corrected chi connectivity index (χ3v) is 6.48. The van der Waals surface area contributed by atoms with Gasteiger partial charge >= 0.3 is 5.97 Å². The number of aromatic nitrogens is 1. The second-order valence-corrected chi connectivity index (χ2v) is 9.57. The van der Waals surface area contributed by atoms with Crippen molar-refractivity contribution >= 4 is 5.97 Å². The van der Waals surface area contributed by atoms with Gasteiger partial charge in [-0.1, -0.05) is 63.2 Å². The molecule has 1 heterocycles. The van der Waals surface area contributed by atoms with Crippen LogP contribution in [-0.4, -0.2) is 15.6 Å². The minimum Gasteiger partial charge on any atom is -0.481 e. The van der Waals surface area contributed by atoms with Gasteiger partial charge in [0.15, 0.2) is 0 Å². The van der Waals surface area contributed by atoms with E-state index >= 15 is 0 Å². The molecule has 0 aliphatic heterocycles. The van der Waals surface area contributed by atoms with Gasteiger partial charge in [0.1, 0.15) is 0 Å². The molecule has 1 aliphatic rings. The summed E-state index contributed by atoms with van der Waals surface area (Å²) in [6, 6.07) is 21.3. The Morgan fingerprint density at radius 2 is 1.83 bits per heavy atom. The molecule has 4 rings (SSSR count). The fraction of sp³-hybridized carbons (Fsp3) is 0.370. The van der Waals surface area contributed by atoms with E-state index in [0.717, 1.165) is 24.1 Å². The molecule has 0 spiro atoms. The van der Waals surface area contributed by atoms with Crippen LogP contribution in [0.15, 0.2) is 60.7 Å². The summed E-state index contributed by atoms with van der Waals surface area (Å²) in [5.74, 6) is -0.0664. The van der Waals surface area contributed by atoms with Crippen molar-refractivity contribution < 1.29 is 9.90 Å². The summed E-state index contributed by atoms with van der Waals surface area (Å²) in [6.07, 6.45) is 4.10. The summed E-state index contributed by atoms with van der Waals surface area (Å²) in [5.41, 5.74) is 7.82. The molecule has 0 fully saturated rings. The number of hydrogen-bond donors (Lipinski definition) is 1. The van der Waals surface area contributed by atoms with Crippen molar-refractivity contribution in [3.63, 3.8) is 0 Å². The lowest BCUT2D eigenvalue weighted by molar-refractivity contribution is -0.136. The molecule has 2 aromatic carbocycles. The van der Waals surface area contributed by atoms with Gasteiger partial charge in [-0.15, -0.1) is 0 Å². The second kappa shape index (κ2) is 8.14. The van der Waals surface area contributed by atoms with Gasteiger partial charge in [-0.3, -0.25) is 4.79 Å². The van der Waals surface area contributed by atoms with Crippen LogP contribution in [0.5, 0.6) is 0 Å². The normalized spacial score (nSPS) is 16.3. The SMILES string of the molecule is CC(C)(C)C1CCc2c(cc(-c3ccccc3)n2-c2cccc(CCC(=O)O)c2)C1. The van der Waals surface area contributed by atoms with Gasteiger partial charge in [-0.05, 0) is 71.9 Å². The number of hydrogen-bond acceptors (Lipinski definition) is 1. The first kappa shape index (κ1) is 20.5. The van der Waals surface area contributed by atoms with E-state index in [1.165, 1.54) is 28.9 Å². The molecule has 30 heavy (non-hydrogen) atoms. The number of benzene rings is 2. The summed E-state index contributed by atoms with van der Waals surface area (Å²) in [7, 11) is 0. The Labute approximate surface area is 179 Å². The highest BCUT2D eigenvalue weighted by atomic mass is 16.4. The van der Waals surface area contributed by atoms with Crippen molar-refractivity contribution in [1.29, 1.82) is 0 Å². The number of carboxylic acids is 1. The summed E-state index contributed by atoms with van der Waals surface area (Å²) < 4.78 is 2.41. The lowest BCUT2D eigenvalue weighted by atomic mass is 9.72. The van der Waals surface area contributed by atoms with Crippen molar-refractivity contribution in [1.82, 2.24) is 4.57 Å². The molecule has 1 aromatic heterocycles. The number of carbonyl (C=O) groups is 1. The van der Waals surface area contributed by atoms with E-state index in [9.17, 15) is 4.79 Å². The van der Waals surface area contributed by atoms with Crippen LogP contribution in [0.3, 0.4) is 0 Å². The van der Waals surface area contributed by atoms with Crippen LogP contribution in [0.4, 0.5) is 0 Å². The lowest BCUT2D eigenvalue weighted by Crippen LogP contribution is -2.27. The van der Waals surface area contributed by atoms with Crippen molar-refractivity contribution in [2.24, 2.45) is 11.3 Å². The average Bonchev–Trinajstić information content (AvgIpc) is 3.11. The van der Waals surface area contributed by atoms with Crippen LogP contribution in [0.1, 0.15) is 50.4 Å². The number of fused-ring (bicyclic) bond motifs is 1. The Morgan fingerprint density at radius 3 is 2.53 bits per heavy atom. The monoisotopic (exact) mass is 401 g/mol. The van der Waals surface area contributed by atoms with E-state index in [2.05, 4.69) is 79.9 Å². The highest BCUT2D eigenvalue weighted by Crippen LogP contribution is 2.41. The van der Waals surface area contributed by atoms with Crippen LogP contribution >= 0.6 is 0 Å². The van der Waals surface area contributed by atoms with Gasteiger partial charge in [-0.2, -0.15) is 0 Å². The predicted octanol–water partition coefficient (Wildman–Crippen LogP) is 6.31. The van der Waals surface area contributed by atoms with Crippen molar-refractivity contribution in [2.75, 3.05) is 0 Å². The number of aliphatic carboxylic acids is 1. The van der Waals surface area contributed by atoms with Crippen LogP contribution < -0.4 is 0 Å². The molecular weight excluding hydrogens is 370 g/mol. The largest absolute Gasteiger partial charge is 0.481 e. The average molecular weight is 402 g/mol. The zero-order valence-electron chi connectivity index (χ0n) is 18.2. The van der Waals surface area contributed by atoms with E-state index in [1.54, 1.807) is 0 Å². The summed E-state index contributed by atoms with van der Waals surface area (Å²) >= 11 is 0. The summed E-state index contributed by atoms with van der Waals surface area (Å²) in [5, 5.41) is 9.06. The molecule has 0 radical (unpaired) electrons. The summed E-state index contributed by atoms with van der Waals surface area (Å²) in [6.45, 7) is 7.05. The van der Waals surface area contributed by atoms with E-state index in [1.807, 2.05) is 6.07 Å². The molecule has 3 heteroatoms. The fourth-order valence-electron chi connectivity index (χ4n) is 4.69. The first-order valence-electron chi connectivity index (χ1n) is 10.9. The van der Waals surface area contributed by atoms with E-state index in [-0.39, 0.29) is 6.42 Å². The molecule has 1 unspecified atom stereocenters. The number of rotatable bonds is 5. The lowest BCUT2D eigenvalue weighted by Gasteiger charge is -2.34. The first-order valence-corrected chi connectivity index (χ1v) is 10.9. The summed E-state index contributed by atoms with van der Waals surface area (Å²) in [4.78, 5) is 11.0. The highest BCUT2D eigenvalue weighted by molar-refractivity contribution is 5.68. The standard InChI is InChI=1S/C27H31NO2/c1-27(2,3)22-13-14-24-21(17-22)18-25(20-9-5-4-6-10-20)28(24)23-11-7-8-19(16-23)12-15-26(29)30/h4-11,16,18,22H,12-15,17H2,1-3H3,(H,29,30). The maximum absolute atomic E-state index is 11.0. The van der Waals surface area contributed by atoms with Crippen molar-refractivity contribution in [3.8, 4) is 16.9 Å². The van der Waals surface area contributed by atoms with E-state index in [4.69, 9.17) is 5.11 Å². The number of nitrogens with zero attached hydrogens (tertiary/aromatic N) is 1. The quantitative estimate of drug-likeness (QED) is 0.544. The molecule has 1 N–H and O–H groups in total. The Hall–Kier alpha value is -2.81. The van der Waals surface area contributed by atoms with Gasteiger partial charge in [0, 0.05) is 17.8 Å². The second-order valence-electron chi connectivity index (χ2n) is 9.57. The third kappa shape index (κ3) is 4.21. The molecule has 0 amide bonds. The van der Waals surface area contributed by atoms with Crippen molar-refractivity contribution in [2.45, 2.75) is 52.9 Å². The topological polar surface area (TPSA) is 42.2 Å². The van der Waals surface area contributed by atoms with Gasteiger partial charge in [0.05, 0.1) is 5.69 Å². The molecule has 0 saturated carbocycles. The highest BCUT2D eigenvalue weighted by Gasteiger charge is 2.31. The van der Waals surface area contributed by atoms with Crippen LogP contribution in [0.2, 0.25) is 0 Å². The Balaban J connectivity index is 1.80. The van der Waals surface area contributed by atoms with Gasteiger partial charge < -0.3 is 9.67 Å². The zero-order valence-corrected chi connectivity index (χ0v) is 18.2.